The van der Waals surface area contributed by atoms with E-state index < -0.39 is 16.2 Å². The normalized spacial score (nSPS) is 11.5. The van der Waals surface area contributed by atoms with E-state index in [2.05, 4.69) is 27.3 Å². The summed E-state index contributed by atoms with van der Waals surface area (Å²) >= 11 is 2.07. The average Bonchev–Trinajstić information content (AvgIpc) is 2.25. The molecule has 0 saturated carbocycles. The van der Waals surface area contributed by atoms with Crippen molar-refractivity contribution in [2.45, 2.75) is 6.42 Å². The van der Waals surface area contributed by atoms with Crippen LogP contribution in [0, 0.1) is 3.57 Å². The summed E-state index contributed by atoms with van der Waals surface area (Å²) in [5, 5.41) is 8.51. The molecule has 0 bridgehead atoms. The number of carboxylic acids is 1. The quantitative estimate of drug-likeness (QED) is 0.726. The second kappa shape index (κ2) is 6.34. The van der Waals surface area contributed by atoms with Gasteiger partial charge < -0.3 is 5.11 Å². The predicted molar refractivity (Wildman–Crippen MR) is 76.6 cm³/mol. The zero-order valence-electron chi connectivity index (χ0n) is 9.63. The van der Waals surface area contributed by atoms with Crippen LogP contribution in [0.4, 0.5) is 5.69 Å². The molecule has 0 atom stereocenters. The van der Waals surface area contributed by atoms with Crippen molar-refractivity contribution in [2.75, 3.05) is 18.3 Å². The number of carbonyl (C=O) groups is 1. The second-order valence-corrected chi connectivity index (χ2v) is 6.61. The van der Waals surface area contributed by atoms with Crippen LogP contribution in [0.3, 0.4) is 0 Å². The highest BCUT2D eigenvalue weighted by molar-refractivity contribution is 14.1. The van der Waals surface area contributed by atoms with Crippen molar-refractivity contribution < 1.29 is 18.3 Å². The first-order valence-electron chi connectivity index (χ1n) is 5.03. The van der Waals surface area contributed by atoms with E-state index in [1.165, 1.54) is 7.05 Å². The van der Waals surface area contributed by atoms with Crippen molar-refractivity contribution in [3.05, 3.63) is 27.8 Å². The Hall–Kier alpha value is -0.870. The van der Waals surface area contributed by atoms with Crippen LogP contribution in [0.25, 0.3) is 0 Å². The molecule has 0 amide bonds. The first kappa shape index (κ1) is 15.2. The Morgan fingerprint density at radius 3 is 2.72 bits per heavy atom. The standard InChI is InChI=1S/C10H13IN2O4S/c1-13(6-5-10(14)15)18(16,17)12-9-4-2-3-8(11)7-9/h2-4,7,12H,5-6H2,1H3,(H,14,15). The summed E-state index contributed by atoms with van der Waals surface area (Å²) in [6.07, 6.45) is -0.232. The van der Waals surface area contributed by atoms with Gasteiger partial charge in [0, 0.05) is 17.2 Å². The molecule has 0 unspecified atom stereocenters. The average molecular weight is 384 g/mol. The van der Waals surface area contributed by atoms with Gasteiger partial charge in [0.25, 0.3) is 0 Å². The van der Waals surface area contributed by atoms with Gasteiger partial charge in [-0.05, 0) is 40.8 Å². The number of hydrogen-bond donors (Lipinski definition) is 2. The van der Waals surface area contributed by atoms with Crippen LogP contribution in [0.1, 0.15) is 6.42 Å². The van der Waals surface area contributed by atoms with Gasteiger partial charge in [0.2, 0.25) is 0 Å². The van der Waals surface area contributed by atoms with Crippen molar-refractivity contribution in [3.8, 4) is 0 Å². The maximum Gasteiger partial charge on any atom is 0.304 e. The Morgan fingerprint density at radius 1 is 1.50 bits per heavy atom. The number of nitrogens with zero attached hydrogens (tertiary/aromatic N) is 1. The fourth-order valence-corrected chi connectivity index (χ4v) is 2.61. The highest BCUT2D eigenvalue weighted by Gasteiger charge is 2.18. The molecular formula is C10H13IN2O4S. The lowest BCUT2D eigenvalue weighted by Crippen LogP contribution is -2.34. The van der Waals surface area contributed by atoms with Crippen LogP contribution in [0.15, 0.2) is 24.3 Å². The highest BCUT2D eigenvalue weighted by atomic mass is 127. The topological polar surface area (TPSA) is 86.7 Å². The Balaban J connectivity index is 2.72. The number of rotatable bonds is 6. The molecule has 8 heteroatoms. The lowest BCUT2D eigenvalue weighted by molar-refractivity contribution is -0.137. The maximum atomic E-state index is 11.8. The van der Waals surface area contributed by atoms with E-state index in [0.29, 0.717) is 5.69 Å². The molecule has 0 saturated heterocycles. The minimum atomic E-state index is -3.71. The molecule has 0 aliphatic carbocycles. The van der Waals surface area contributed by atoms with Crippen LogP contribution in [0.5, 0.6) is 0 Å². The lowest BCUT2D eigenvalue weighted by Gasteiger charge is -2.17. The molecule has 1 aromatic carbocycles. The molecule has 1 rings (SSSR count). The molecular weight excluding hydrogens is 371 g/mol. The van der Waals surface area contributed by atoms with Gasteiger partial charge in [0.1, 0.15) is 0 Å². The number of anilines is 1. The largest absolute Gasteiger partial charge is 0.481 e. The van der Waals surface area contributed by atoms with Crippen molar-refractivity contribution in [3.63, 3.8) is 0 Å². The second-order valence-electron chi connectivity index (χ2n) is 3.58. The van der Waals surface area contributed by atoms with Crippen LogP contribution in [-0.4, -0.2) is 37.4 Å². The monoisotopic (exact) mass is 384 g/mol. The molecule has 100 valence electrons. The summed E-state index contributed by atoms with van der Waals surface area (Å²) in [6, 6.07) is 6.89. The molecule has 18 heavy (non-hydrogen) atoms. The molecule has 1 aromatic rings. The first-order chi connectivity index (χ1) is 8.31. The lowest BCUT2D eigenvalue weighted by atomic mass is 10.3. The molecule has 6 nitrogen and oxygen atoms in total. The molecule has 0 radical (unpaired) electrons. The molecule has 0 fully saturated rings. The minimum Gasteiger partial charge on any atom is -0.481 e. The fraction of sp³-hybridized carbons (Fsp3) is 0.300. The van der Waals surface area contributed by atoms with Gasteiger partial charge in [-0.2, -0.15) is 12.7 Å². The van der Waals surface area contributed by atoms with Gasteiger partial charge in [-0.25, -0.2) is 0 Å². The number of aliphatic carboxylic acids is 1. The Kier molecular flexibility index (Phi) is 5.35. The summed E-state index contributed by atoms with van der Waals surface area (Å²) in [5.41, 5.74) is 0.448. The fourth-order valence-electron chi connectivity index (χ4n) is 1.15. The van der Waals surface area contributed by atoms with Gasteiger partial charge >= 0.3 is 16.2 Å². The third-order valence-corrected chi connectivity index (χ3v) is 4.29. The van der Waals surface area contributed by atoms with E-state index in [1.54, 1.807) is 18.2 Å². The molecule has 0 aliphatic heterocycles. The molecule has 0 heterocycles. The highest BCUT2D eigenvalue weighted by Crippen LogP contribution is 2.14. The van der Waals surface area contributed by atoms with Crippen molar-refractivity contribution in [1.29, 1.82) is 0 Å². The summed E-state index contributed by atoms with van der Waals surface area (Å²) in [5.74, 6) is -1.04. The zero-order chi connectivity index (χ0) is 13.8. The SMILES string of the molecule is CN(CCC(=O)O)S(=O)(=O)Nc1cccc(I)c1. The number of nitrogens with one attached hydrogen (secondary N) is 1. The van der Waals surface area contributed by atoms with E-state index in [0.717, 1.165) is 7.88 Å². The van der Waals surface area contributed by atoms with Crippen LogP contribution in [-0.2, 0) is 15.0 Å². The third kappa shape index (κ3) is 4.78. The van der Waals surface area contributed by atoms with E-state index in [4.69, 9.17) is 5.11 Å². The van der Waals surface area contributed by atoms with Gasteiger partial charge in [-0.1, -0.05) is 6.07 Å². The van der Waals surface area contributed by atoms with Crippen LogP contribution < -0.4 is 4.72 Å². The van der Waals surface area contributed by atoms with Gasteiger partial charge in [0.15, 0.2) is 0 Å². The van der Waals surface area contributed by atoms with E-state index in [9.17, 15) is 13.2 Å². The summed E-state index contributed by atoms with van der Waals surface area (Å²) in [7, 11) is -2.38. The smallest absolute Gasteiger partial charge is 0.304 e. The van der Waals surface area contributed by atoms with E-state index in [-0.39, 0.29) is 13.0 Å². The molecule has 0 aliphatic rings. The minimum absolute atomic E-state index is 0.0748. The summed E-state index contributed by atoms with van der Waals surface area (Å²) in [4.78, 5) is 10.4. The number of carboxylic acid groups (broad SMARTS) is 1. The third-order valence-electron chi connectivity index (χ3n) is 2.12. The number of halogens is 1. The summed E-state index contributed by atoms with van der Waals surface area (Å²) in [6.45, 7) is -0.0748. The Labute approximate surface area is 119 Å². The zero-order valence-corrected chi connectivity index (χ0v) is 12.6. The van der Waals surface area contributed by atoms with Crippen molar-refractivity contribution in [2.24, 2.45) is 0 Å². The van der Waals surface area contributed by atoms with Crippen LogP contribution in [0.2, 0.25) is 0 Å². The Bertz CT molecular complexity index is 532. The molecule has 0 spiro atoms. The predicted octanol–water partition coefficient (Wildman–Crippen LogP) is 1.35. The molecule has 2 N–H and O–H groups in total. The van der Waals surface area contributed by atoms with Gasteiger partial charge in [-0.3, -0.25) is 9.52 Å². The van der Waals surface area contributed by atoms with Crippen LogP contribution >= 0.6 is 22.6 Å². The van der Waals surface area contributed by atoms with E-state index in [1.807, 2.05) is 6.07 Å². The van der Waals surface area contributed by atoms with Crippen molar-refractivity contribution >= 4 is 44.5 Å². The maximum absolute atomic E-state index is 11.8. The van der Waals surface area contributed by atoms with Gasteiger partial charge in [0.05, 0.1) is 12.1 Å². The number of benzene rings is 1. The van der Waals surface area contributed by atoms with Crippen molar-refractivity contribution in [1.82, 2.24) is 4.31 Å². The molecule has 0 aromatic heterocycles. The van der Waals surface area contributed by atoms with E-state index >= 15 is 0 Å². The Morgan fingerprint density at radius 2 is 2.17 bits per heavy atom. The first-order valence-corrected chi connectivity index (χ1v) is 7.54. The number of hydrogen-bond acceptors (Lipinski definition) is 3. The van der Waals surface area contributed by atoms with Gasteiger partial charge in [-0.15, -0.1) is 0 Å². The summed E-state index contributed by atoms with van der Waals surface area (Å²) < 4.78 is 27.9.